The van der Waals surface area contributed by atoms with Crippen molar-refractivity contribution in [3.8, 4) is 0 Å². The Morgan fingerprint density at radius 2 is 1.08 bits per heavy atom. The summed E-state index contributed by atoms with van der Waals surface area (Å²) in [6, 6.07) is 0. The van der Waals surface area contributed by atoms with Crippen molar-refractivity contribution in [1.82, 2.24) is 0 Å². The van der Waals surface area contributed by atoms with Gasteiger partial charge in [0.2, 0.25) is 0 Å². The number of hydrogen-bond acceptors (Lipinski definition) is 0. The molecule has 0 bridgehead atoms. The third-order valence-electron chi connectivity index (χ3n) is 8.98. The van der Waals surface area contributed by atoms with Gasteiger partial charge in [0, 0.05) is 0 Å². The predicted octanol–water partition coefficient (Wildman–Crippen LogP) is 7.94. The van der Waals surface area contributed by atoms with E-state index in [1.54, 1.807) is 0 Å². The van der Waals surface area contributed by atoms with Crippen LogP contribution in [0.3, 0.4) is 0 Å². The first-order valence-electron chi connectivity index (χ1n) is 11.1. The van der Waals surface area contributed by atoms with E-state index in [0.717, 1.165) is 65.1 Å². The molecule has 1 saturated carbocycles. The summed E-state index contributed by atoms with van der Waals surface area (Å²) in [5.74, 6) is 9.16. The summed E-state index contributed by atoms with van der Waals surface area (Å²) in [5, 5.41) is 0. The quantitative estimate of drug-likeness (QED) is 0.332. The van der Waals surface area contributed by atoms with Gasteiger partial charge < -0.3 is 0 Å². The van der Waals surface area contributed by atoms with Gasteiger partial charge in [-0.3, -0.25) is 0 Å². The van der Waals surface area contributed by atoms with Crippen LogP contribution < -0.4 is 0 Å². The van der Waals surface area contributed by atoms with Crippen LogP contribution >= 0.6 is 0 Å². The molecule has 0 heteroatoms. The second-order valence-electron chi connectivity index (χ2n) is 10.3. The Labute approximate surface area is 160 Å². The molecule has 10 unspecified atom stereocenters. The Kier molecular flexibility index (Phi) is 8.76. The Morgan fingerprint density at radius 1 is 0.680 bits per heavy atom. The third kappa shape index (κ3) is 5.61. The molecule has 1 aliphatic rings. The van der Waals surface area contributed by atoms with Crippen LogP contribution in [0.15, 0.2) is 12.7 Å². The maximum absolute atomic E-state index is 3.93. The van der Waals surface area contributed by atoms with Gasteiger partial charge in [-0.2, -0.15) is 0 Å². The van der Waals surface area contributed by atoms with Crippen LogP contribution in [0, 0.1) is 65.1 Å². The van der Waals surface area contributed by atoms with Crippen LogP contribution in [-0.4, -0.2) is 0 Å². The number of rotatable bonds is 11. The molecule has 0 aromatic carbocycles. The minimum atomic E-state index is 0.785. The fourth-order valence-electron chi connectivity index (χ4n) is 5.27. The first-order chi connectivity index (χ1) is 11.5. The van der Waals surface area contributed by atoms with Crippen molar-refractivity contribution in [3.05, 3.63) is 12.7 Å². The minimum Gasteiger partial charge on any atom is -0.103 e. The Hall–Kier alpha value is -0.260. The van der Waals surface area contributed by atoms with Crippen molar-refractivity contribution >= 4 is 0 Å². The Bertz CT molecular complexity index is 395. The first-order valence-corrected chi connectivity index (χ1v) is 11.1. The standard InChI is InChI=1S/C25H48/c1-12-13-24-14-25(24)23(11)22(10)21(9)20(8)19(7)18(6)17(5)16(4)15(2)3/h12,15-25H,1,13-14H2,2-11H3. The molecule has 0 amide bonds. The largest absolute Gasteiger partial charge is 0.103 e. The topological polar surface area (TPSA) is 0 Å². The smallest absolute Gasteiger partial charge is 0.0322 e. The van der Waals surface area contributed by atoms with Gasteiger partial charge in [-0.15, -0.1) is 6.58 Å². The van der Waals surface area contributed by atoms with E-state index < -0.39 is 0 Å². The molecule has 0 aliphatic heterocycles. The maximum Gasteiger partial charge on any atom is -0.0322 e. The second kappa shape index (κ2) is 9.61. The van der Waals surface area contributed by atoms with Crippen LogP contribution in [0.4, 0.5) is 0 Å². The molecule has 1 fully saturated rings. The van der Waals surface area contributed by atoms with E-state index in [2.05, 4.69) is 81.9 Å². The van der Waals surface area contributed by atoms with E-state index >= 15 is 0 Å². The monoisotopic (exact) mass is 348 g/mol. The molecule has 10 atom stereocenters. The highest BCUT2D eigenvalue weighted by Crippen LogP contribution is 2.51. The zero-order chi connectivity index (χ0) is 19.5. The van der Waals surface area contributed by atoms with Crippen molar-refractivity contribution in [3.63, 3.8) is 0 Å². The van der Waals surface area contributed by atoms with Gasteiger partial charge in [0.1, 0.15) is 0 Å². The zero-order valence-corrected chi connectivity index (χ0v) is 19.0. The summed E-state index contributed by atoms with van der Waals surface area (Å²) in [6.07, 6.45) is 4.78. The Balaban J connectivity index is 2.64. The van der Waals surface area contributed by atoms with Crippen LogP contribution in [0.25, 0.3) is 0 Å². The molecular formula is C25H48. The molecule has 0 N–H and O–H groups in total. The maximum atomic E-state index is 3.93. The molecular weight excluding hydrogens is 300 g/mol. The van der Waals surface area contributed by atoms with Crippen molar-refractivity contribution in [2.45, 2.75) is 82.1 Å². The molecule has 0 saturated heterocycles. The summed E-state index contributed by atoms with van der Waals surface area (Å²) in [7, 11) is 0. The van der Waals surface area contributed by atoms with Gasteiger partial charge in [0.05, 0.1) is 0 Å². The fraction of sp³-hybridized carbons (Fsp3) is 0.920. The van der Waals surface area contributed by atoms with Gasteiger partial charge in [-0.05, 0) is 77.9 Å². The van der Waals surface area contributed by atoms with Gasteiger partial charge in [-0.25, -0.2) is 0 Å². The van der Waals surface area contributed by atoms with Crippen molar-refractivity contribution in [2.75, 3.05) is 0 Å². The van der Waals surface area contributed by atoms with Gasteiger partial charge >= 0.3 is 0 Å². The summed E-state index contributed by atoms with van der Waals surface area (Å²) < 4.78 is 0. The molecule has 0 nitrogen and oxygen atoms in total. The molecule has 1 aliphatic carbocycles. The molecule has 0 heterocycles. The van der Waals surface area contributed by atoms with Crippen LogP contribution in [-0.2, 0) is 0 Å². The number of allylic oxidation sites excluding steroid dienone is 1. The van der Waals surface area contributed by atoms with E-state index in [0.29, 0.717) is 0 Å². The lowest BCUT2D eigenvalue weighted by molar-refractivity contribution is 0.0888. The lowest BCUT2D eigenvalue weighted by Gasteiger charge is -2.40. The van der Waals surface area contributed by atoms with E-state index in [1.165, 1.54) is 12.8 Å². The number of hydrogen-bond donors (Lipinski definition) is 0. The van der Waals surface area contributed by atoms with Crippen LogP contribution in [0.5, 0.6) is 0 Å². The molecule has 0 radical (unpaired) electrons. The molecule has 1 rings (SSSR count). The molecule has 0 spiro atoms. The fourth-order valence-corrected chi connectivity index (χ4v) is 5.27. The summed E-state index contributed by atoms with van der Waals surface area (Å²) in [6.45, 7) is 28.7. The lowest BCUT2D eigenvalue weighted by Crippen LogP contribution is -2.33. The van der Waals surface area contributed by atoms with E-state index in [-0.39, 0.29) is 0 Å². The summed E-state index contributed by atoms with van der Waals surface area (Å²) in [4.78, 5) is 0. The van der Waals surface area contributed by atoms with Crippen LogP contribution in [0.2, 0.25) is 0 Å². The highest BCUT2D eigenvalue weighted by atomic mass is 14.5. The SMILES string of the molecule is C=CCC1CC1C(C)C(C)C(C)C(C)C(C)C(C)C(C)C(C)C(C)C. The average molecular weight is 349 g/mol. The highest BCUT2D eigenvalue weighted by molar-refractivity contribution is 4.95. The zero-order valence-electron chi connectivity index (χ0n) is 19.0. The Morgan fingerprint density at radius 3 is 1.48 bits per heavy atom. The summed E-state index contributed by atoms with van der Waals surface area (Å²) in [5.41, 5.74) is 0. The van der Waals surface area contributed by atoms with E-state index in [9.17, 15) is 0 Å². The minimum absolute atomic E-state index is 0.785. The second-order valence-corrected chi connectivity index (χ2v) is 10.3. The third-order valence-corrected chi connectivity index (χ3v) is 8.98. The van der Waals surface area contributed by atoms with Crippen molar-refractivity contribution in [2.24, 2.45) is 65.1 Å². The van der Waals surface area contributed by atoms with Crippen molar-refractivity contribution in [1.29, 1.82) is 0 Å². The highest BCUT2D eigenvalue weighted by Gasteiger charge is 2.43. The van der Waals surface area contributed by atoms with Gasteiger partial charge in [0.15, 0.2) is 0 Å². The molecule has 0 aromatic heterocycles. The van der Waals surface area contributed by atoms with Gasteiger partial charge in [-0.1, -0.05) is 75.3 Å². The molecule has 148 valence electrons. The molecule has 25 heavy (non-hydrogen) atoms. The van der Waals surface area contributed by atoms with Crippen LogP contribution in [0.1, 0.15) is 82.1 Å². The lowest BCUT2D eigenvalue weighted by atomic mass is 9.66. The average Bonchev–Trinajstić information content (AvgIpc) is 3.35. The van der Waals surface area contributed by atoms with Gasteiger partial charge in [0.25, 0.3) is 0 Å². The molecule has 0 aromatic rings. The van der Waals surface area contributed by atoms with E-state index in [1.807, 2.05) is 0 Å². The van der Waals surface area contributed by atoms with E-state index in [4.69, 9.17) is 0 Å². The summed E-state index contributed by atoms with van der Waals surface area (Å²) >= 11 is 0. The van der Waals surface area contributed by atoms with Crippen molar-refractivity contribution < 1.29 is 0 Å². The normalized spacial score (nSPS) is 30.0. The predicted molar refractivity (Wildman–Crippen MR) is 115 cm³/mol. The first kappa shape index (κ1) is 22.8.